The molecule has 2 amide bonds. The first-order chi connectivity index (χ1) is 12.4. The van der Waals surface area contributed by atoms with Crippen molar-refractivity contribution in [3.8, 4) is 5.75 Å². The summed E-state index contributed by atoms with van der Waals surface area (Å²) in [5, 5.41) is 8.89. The van der Waals surface area contributed by atoms with Crippen LogP contribution < -0.4 is 4.74 Å². The smallest absolute Gasteiger partial charge is 0.274 e. The first-order valence-electron chi connectivity index (χ1n) is 8.67. The average molecular weight is 374 g/mol. The summed E-state index contributed by atoms with van der Waals surface area (Å²) in [7, 11) is 1.60. The molecule has 7 nitrogen and oxygen atoms in total. The SMILES string of the molecule is COc1csc(C(=O)N2CC3(CN(C(=O)c4cc(C(C)C)[nH]n4)C3)C2)c1. The summed E-state index contributed by atoms with van der Waals surface area (Å²) in [6, 6.07) is 3.61. The molecule has 8 heteroatoms. The quantitative estimate of drug-likeness (QED) is 0.890. The zero-order valence-electron chi connectivity index (χ0n) is 15.1. The maximum atomic E-state index is 12.5. The van der Waals surface area contributed by atoms with Gasteiger partial charge in [-0.3, -0.25) is 14.7 Å². The number of aromatic nitrogens is 2. The van der Waals surface area contributed by atoms with E-state index in [9.17, 15) is 9.59 Å². The van der Waals surface area contributed by atoms with E-state index in [4.69, 9.17) is 4.74 Å². The number of nitrogens with one attached hydrogen (secondary N) is 1. The van der Waals surface area contributed by atoms with Crippen LogP contribution in [0.4, 0.5) is 0 Å². The Balaban J connectivity index is 1.31. The molecule has 0 unspecified atom stereocenters. The Morgan fingerprint density at radius 1 is 1.19 bits per heavy atom. The fourth-order valence-electron chi connectivity index (χ4n) is 3.61. The molecule has 1 N–H and O–H groups in total. The van der Waals surface area contributed by atoms with Gasteiger partial charge in [0.1, 0.15) is 11.4 Å². The minimum absolute atomic E-state index is 0.0356. The summed E-state index contributed by atoms with van der Waals surface area (Å²) in [6.45, 7) is 6.90. The van der Waals surface area contributed by atoms with E-state index in [1.54, 1.807) is 13.2 Å². The molecule has 2 aromatic heterocycles. The predicted molar refractivity (Wildman–Crippen MR) is 97.8 cm³/mol. The molecule has 26 heavy (non-hydrogen) atoms. The van der Waals surface area contributed by atoms with Crippen molar-refractivity contribution in [3.63, 3.8) is 0 Å². The number of likely N-dealkylation sites (tertiary alicyclic amines) is 2. The normalized spacial score (nSPS) is 18.0. The van der Waals surface area contributed by atoms with Crippen molar-refractivity contribution in [2.75, 3.05) is 33.3 Å². The van der Waals surface area contributed by atoms with Gasteiger partial charge in [0.2, 0.25) is 0 Å². The summed E-state index contributed by atoms with van der Waals surface area (Å²) in [5.74, 6) is 1.04. The van der Waals surface area contributed by atoms with Gasteiger partial charge in [-0.15, -0.1) is 11.3 Å². The Hall–Kier alpha value is -2.35. The molecule has 2 aromatic rings. The molecule has 2 aliphatic heterocycles. The van der Waals surface area contributed by atoms with Crippen LogP contribution in [0.3, 0.4) is 0 Å². The van der Waals surface area contributed by atoms with Crippen molar-refractivity contribution in [1.29, 1.82) is 0 Å². The van der Waals surface area contributed by atoms with E-state index in [0.717, 1.165) is 5.69 Å². The third-order valence-electron chi connectivity index (χ3n) is 5.14. The van der Waals surface area contributed by atoms with Crippen molar-refractivity contribution < 1.29 is 14.3 Å². The zero-order valence-corrected chi connectivity index (χ0v) is 15.9. The molecule has 138 valence electrons. The van der Waals surface area contributed by atoms with Gasteiger partial charge in [-0.25, -0.2) is 0 Å². The van der Waals surface area contributed by atoms with Crippen molar-refractivity contribution >= 4 is 23.2 Å². The number of nitrogens with zero attached hydrogens (tertiary/aromatic N) is 3. The number of carbonyl (C=O) groups excluding carboxylic acids is 2. The standard InChI is InChI=1S/C18H22N4O3S/c1-11(2)13-5-14(20-19-13)16(23)21-7-18(8-21)9-22(10-18)17(24)15-4-12(25-3)6-26-15/h4-6,11H,7-10H2,1-3H3,(H,19,20). The van der Waals surface area contributed by atoms with Gasteiger partial charge in [0.15, 0.2) is 0 Å². The van der Waals surface area contributed by atoms with Crippen LogP contribution >= 0.6 is 11.3 Å². The highest BCUT2D eigenvalue weighted by Crippen LogP contribution is 2.41. The number of H-pyrrole nitrogens is 1. The molecule has 0 saturated carbocycles. The highest BCUT2D eigenvalue weighted by atomic mass is 32.1. The van der Waals surface area contributed by atoms with E-state index in [0.29, 0.717) is 48.4 Å². The van der Waals surface area contributed by atoms with Crippen molar-refractivity contribution in [2.45, 2.75) is 19.8 Å². The van der Waals surface area contributed by atoms with Gasteiger partial charge in [-0.1, -0.05) is 13.8 Å². The number of amides is 2. The van der Waals surface area contributed by atoms with E-state index < -0.39 is 0 Å². The molecule has 2 fully saturated rings. The lowest BCUT2D eigenvalue weighted by atomic mass is 9.72. The number of hydrogen-bond donors (Lipinski definition) is 1. The third-order valence-corrected chi connectivity index (χ3v) is 6.04. The summed E-state index contributed by atoms with van der Waals surface area (Å²) in [4.78, 5) is 29.3. The molecule has 4 heterocycles. The number of rotatable bonds is 4. The number of carbonyl (C=O) groups is 2. The van der Waals surface area contributed by atoms with E-state index in [-0.39, 0.29) is 17.2 Å². The lowest BCUT2D eigenvalue weighted by molar-refractivity contribution is -0.0822. The number of aromatic amines is 1. The van der Waals surface area contributed by atoms with Crippen LogP contribution in [-0.2, 0) is 0 Å². The molecule has 0 radical (unpaired) electrons. The highest BCUT2D eigenvalue weighted by molar-refractivity contribution is 7.12. The molecule has 4 rings (SSSR count). The van der Waals surface area contributed by atoms with Gasteiger partial charge < -0.3 is 14.5 Å². The second-order valence-electron chi connectivity index (χ2n) is 7.54. The van der Waals surface area contributed by atoms with Gasteiger partial charge in [0, 0.05) is 48.7 Å². The highest BCUT2D eigenvalue weighted by Gasteiger charge is 2.54. The maximum absolute atomic E-state index is 12.5. The Labute approximate surface area is 155 Å². The van der Waals surface area contributed by atoms with Gasteiger partial charge in [-0.2, -0.15) is 5.10 Å². The summed E-state index contributed by atoms with van der Waals surface area (Å²) in [6.07, 6.45) is 0. The Bertz CT molecular complexity index is 842. The Kier molecular flexibility index (Phi) is 4.02. The number of ether oxygens (including phenoxy) is 1. The molecular formula is C18H22N4O3S. The summed E-state index contributed by atoms with van der Waals surface area (Å²) < 4.78 is 5.14. The lowest BCUT2D eigenvalue weighted by Crippen LogP contribution is -2.73. The molecular weight excluding hydrogens is 352 g/mol. The number of thiophene rings is 1. The maximum Gasteiger partial charge on any atom is 0.274 e. The van der Waals surface area contributed by atoms with E-state index in [2.05, 4.69) is 24.0 Å². The third kappa shape index (κ3) is 2.78. The molecule has 1 spiro atoms. The van der Waals surface area contributed by atoms with Crippen LogP contribution in [0.1, 0.15) is 45.6 Å². The lowest BCUT2D eigenvalue weighted by Gasteiger charge is -2.59. The van der Waals surface area contributed by atoms with E-state index in [1.807, 2.05) is 21.2 Å². The fraction of sp³-hybridized carbons (Fsp3) is 0.500. The zero-order chi connectivity index (χ0) is 18.5. The fourth-order valence-corrected chi connectivity index (χ4v) is 4.43. The Morgan fingerprint density at radius 3 is 2.38 bits per heavy atom. The van der Waals surface area contributed by atoms with Gasteiger partial charge in [-0.05, 0) is 12.0 Å². The molecule has 0 aliphatic carbocycles. The largest absolute Gasteiger partial charge is 0.496 e. The van der Waals surface area contributed by atoms with Crippen LogP contribution in [0, 0.1) is 5.41 Å². The summed E-state index contributed by atoms with van der Waals surface area (Å²) >= 11 is 1.40. The second-order valence-corrected chi connectivity index (χ2v) is 8.45. The van der Waals surface area contributed by atoms with Gasteiger partial charge in [0.05, 0.1) is 12.0 Å². The van der Waals surface area contributed by atoms with Crippen molar-refractivity contribution in [1.82, 2.24) is 20.0 Å². The minimum atomic E-state index is -0.0356. The van der Waals surface area contributed by atoms with Crippen LogP contribution in [-0.4, -0.2) is 65.1 Å². The van der Waals surface area contributed by atoms with Crippen LogP contribution in [0.25, 0.3) is 0 Å². The van der Waals surface area contributed by atoms with Crippen LogP contribution in [0.15, 0.2) is 17.5 Å². The average Bonchev–Trinajstić information content (AvgIpc) is 3.21. The number of methoxy groups -OCH3 is 1. The minimum Gasteiger partial charge on any atom is -0.496 e. The molecule has 0 bridgehead atoms. The van der Waals surface area contributed by atoms with Crippen LogP contribution in [0.5, 0.6) is 5.75 Å². The molecule has 2 aliphatic rings. The topological polar surface area (TPSA) is 78.5 Å². The van der Waals surface area contributed by atoms with E-state index >= 15 is 0 Å². The first kappa shape index (κ1) is 17.1. The van der Waals surface area contributed by atoms with Crippen LogP contribution in [0.2, 0.25) is 0 Å². The van der Waals surface area contributed by atoms with Crippen molar-refractivity contribution in [2.24, 2.45) is 5.41 Å². The monoisotopic (exact) mass is 374 g/mol. The number of hydrogen-bond acceptors (Lipinski definition) is 5. The second kappa shape index (κ2) is 6.12. The summed E-state index contributed by atoms with van der Waals surface area (Å²) in [5.41, 5.74) is 1.50. The molecule has 2 saturated heterocycles. The van der Waals surface area contributed by atoms with Gasteiger partial charge in [0.25, 0.3) is 11.8 Å². The first-order valence-corrected chi connectivity index (χ1v) is 9.55. The molecule has 0 atom stereocenters. The Morgan fingerprint density at radius 2 is 1.85 bits per heavy atom. The van der Waals surface area contributed by atoms with Gasteiger partial charge >= 0.3 is 0 Å². The molecule has 0 aromatic carbocycles. The van der Waals surface area contributed by atoms with Crippen molar-refractivity contribution in [3.05, 3.63) is 33.8 Å². The predicted octanol–water partition coefficient (Wildman–Crippen LogP) is 2.20. The van der Waals surface area contributed by atoms with E-state index in [1.165, 1.54) is 11.3 Å².